The Bertz CT molecular complexity index is 561. The van der Waals surface area contributed by atoms with Crippen molar-refractivity contribution in [3.8, 4) is 11.3 Å². The van der Waals surface area contributed by atoms with Gasteiger partial charge < -0.3 is 10.2 Å². The number of rotatable bonds is 6. The van der Waals surface area contributed by atoms with E-state index < -0.39 is 0 Å². The molecule has 2 rings (SSSR count). The number of urea groups is 1. The molecule has 0 saturated heterocycles. The van der Waals surface area contributed by atoms with Crippen LogP contribution in [0, 0.1) is 0 Å². The number of nitrogens with zero attached hydrogens (tertiary/aromatic N) is 3. The van der Waals surface area contributed by atoms with Gasteiger partial charge in [-0.3, -0.25) is 4.68 Å². The molecule has 1 heterocycles. The number of carbonyl (C=O) groups excluding carboxylic acids is 1. The molecule has 112 valence electrons. The Morgan fingerprint density at radius 2 is 1.90 bits per heavy atom. The minimum Gasteiger partial charge on any atom is -0.336 e. The highest BCUT2D eigenvalue weighted by Gasteiger charge is 2.08. The molecule has 0 aliphatic heterocycles. The summed E-state index contributed by atoms with van der Waals surface area (Å²) in [5, 5.41) is 7.42. The molecular formula is C16H22N4O. The van der Waals surface area contributed by atoms with E-state index in [1.807, 2.05) is 61.1 Å². The van der Waals surface area contributed by atoms with Gasteiger partial charge >= 0.3 is 6.03 Å². The van der Waals surface area contributed by atoms with Crippen molar-refractivity contribution >= 4 is 6.03 Å². The second-order valence-corrected chi connectivity index (χ2v) is 4.73. The highest BCUT2D eigenvalue weighted by atomic mass is 16.2. The number of hydrogen-bond acceptors (Lipinski definition) is 2. The lowest BCUT2D eigenvalue weighted by molar-refractivity contribution is 0.203. The maximum atomic E-state index is 11.8. The fraction of sp³-hybridized carbons (Fsp3) is 0.375. The topological polar surface area (TPSA) is 50.2 Å². The number of aromatic nitrogens is 2. The van der Waals surface area contributed by atoms with Gasteiger partial charge in [0.2, 0.25) is 0 Å². The van der Waals surface area contributed by atoms with Crippen LogP contribution in [0.5, 0.6) is 0 Å². The fourth-order valence-corrected chi connectivity index (χ4v) is 2.15. The van der Waals surface area contributed by atoms with Crippen LogP contribution in [0.3, 0.4) is 0 Å². The molecule has 0 spiro atoms. The van der Waals surface area contributed by atoms with E-state index in [1.54, 1.807) is 4.90 Å². The normalized spacial score (nSPS) is 10.4. The van der Waals surface area contributed by atoms with Crippen LogP contribution in [0.15, 0.2) is 42.6 Å². The molecule has 1 aromatic carbocycles. The molecule has 2 amide bonds. The fourth-order valence-electron chi connectivity index (χ4n) is 2.15. The van der Waals surface area contributed by atoms with Crippen molar-refractivity contribution in [3.05, 3.63) is 42.6 Å². The Balaban J connectivity index is 1.85. The van der Waals surface area contributed by atoms with Gasteiger partial charge in [-0.25, -0.2) is 4.79 Å². The number of nitrogens with one attached hydrogen (secondary N) is 1. The highest BCUT2D eigenvalue weighted by Crippen LogP contribution is 2.15. The summed E-state index contributed by atoms with van der Waals surface area (Å²) in [6.45, 7) is 6.64. The van der Waals surface area contributed by atoms with Crippen LogP contribution in [0.1, 0.15) is 13.8 Å². The Morgan fingerprint density at radius 1 is 1.19 bits per heavy atom. The molecule has 0 unspecified atom stereocenters. The monoisotopic (exact) mass is 286 g/mol. The van der Waals surface area contributed by atoms with Crippen LogP contribution >= 0.6 is 0 Å². The molecule has 2 aromatic rings. The van der Waals surface area contributed by atoms with E-state index >= 15 is 0 Å². The van der Waals surface area contributed by atoms with Crippen molar-refractivity contribution in [1.82, 2.24) is 20.0 Å². The molecule has 0 aliphatic rings. The van der Waals surface area contributed by atoms with E-state index in [1.165, 1.54) is 0 Å². The maximum absolute atomic E-state index is 11.8. The second kappa shape index (κ2) is 7.47. The first kappa shape index (κ1) is 15.1. The summed E-state index contributed by atoms with van der Waals surface area (Å²) in [5.41, 5.74) is 2.05. The Hall–Kier alpha value is -2.30. The summed E-state index contributed by atoms with van der Waals surface area (Å²) < 4.78 is 1.85. The minimum atomic E-state index is -0.0181. The molecule has 0 bridgehead atoms. The van der Waals surface area contributed by atoms with E-state index in [9.17, 15) is 4.79 Å². The number of hydrogen-bond donors (Lipinski definition) is 1. The molecule has 5 nitrogen and oxygen atoms in total. The summed E-state index contributed by atoms with van der Waals surface area (Å²) in [5.74, 6) is 0. The summed E-state index contributed by atoms with van der Waals surface area (Å²) in [6.07, 6.45) is 1.94. The lowest BCUT2D eigenvalue weighted by Crippen LogP contribution is -2.40. The van der Waals surface area contributed by atoms with Gasteiger partial charge in [0.15, 0.2) is 0 Å². The zero-order chi connectivity index (χ0) is 15.1. The van der Waals surface area contributed by atoms with E-state index in [-0.39, 0.29) is 6.03 Å². The van der Waals surface area contributed by atoms with Gasteiger partial charge in [0.05, 0.1) is 12.2 Å². The maximum Gasteiger partial charge on any atom is 0.317 e. The van der Waals surface area contributed by atoms with Crippen molar-refractivity contribution < 1.29 is 4.79 Å². The lowest BCUT2D eigenvalue weighted by atomic mass is 10.2. The van der Waals surface area contributed by atoms with Crippen LogP contribution in [0.4, 0.5) is 4.79 Å². The van der Waals surface area contributed by atoms with Crippen molar-refractivity contribution in [3.63, 3.8) is 0 Å². The average molecular weight is 286 g/mol. The predicted molar refractivity (Wildman–Crippen MR) is 84.0 cm³/mol. The third kappa shape index (κ3) is 4.08. The quantitative estimate of drug-likeness (QED) is 0.887. The molecule has 21 heavy (non-hydrogen) atoms. The molecule has 1 N–H and O–H groups in total. The van der Waals surface area contributed by atoms with Crippen LogP contribution in [-0.2, 0) is 6.54 Å². The average Bonchev–Trinajstić information content (AvgIpc) is 2.98. The Kier molecular flexibility index (Phi) is 5.37. The van der Waals surface area contributed by atoms with Crippen molar-refractivity contribution in [2.24, 2.45) is 0 Å². The largest absolute Gasteiger partial charge is 0.336 e. The number of amides is 2. The van der Waals surface area contributed by atoms with Crippen LogP contribution < -0.4 is 5.32 Å². The van der Waals surface area contributed by atoms with Gasteiger partial charge in [0.1, 0.15) is 0 Å². The molecule has 1 aromatic heterocycles. The molecule has 0 atom stereocenters. The van der Waals surface area contributed by atoms with Crippen LogP contribution in [0.25, 0.3) is 11.3 Å². The Morgan fingerprint density at radius 3 is 2.57 bits per heavy atom. The standard InChI is InChI=1S/C16H22N4O/c1-3-19(4-2)16(21)17-11-13-20-12-10-15(18-20)14-8-6-5-7-9-14/h5-10,12H,3-4,11,13H2,1-2H3,(H,17,21). The molecule has 0 radical (unpaired) electrons. The number of carbonyl (C=O) groups is 1. The van der Waals surface area contributed by atoms with Gasteiger partial charge in [0.25, 0.3) is 0 Å². The smallest absolute Gasteiger partial charge is 0.317 e. The van der Waals surface area contributed by atoms with Gasteiger partial charge in [-0.1, -0.05) is 30.3 Å². The van der Waals surface area contributed by atoms with Gasteiger partial charge in [-0.2, -0.15) is 5.10 Å². The van der Waals surface area contributed by atoms with Gasteiger partial charge in [-0.05, 0) is 19.9 Å². The third-order valence-electron chi connectivity index (χ3n) is 3.38. The zero-order valence-corrected chi connectivity index (χ0v) is 12.6. The summed E-state index contributed by atoms with van der Waals surface area (Å²) in [6, 6.07) is 12.0. The lowest BCUT2D eigenvalue weighted by Gasteiger charge is -2.19. The third-order valence-corrected chi connectivity index (χ3v) is 3.38. The minimum absolute atomic E-state index is 0.0181. The first-order valence-corrected chi connectivity index (χ1v) is 7.36. The van der Waals surface area contributed by atoms with Crippen molar-refractivity contribution in [1.29, 1.82) is 0 Å². The van der Waals surface area contributed by atoms with E-state index in [4.69, 9.17) is 0 Å². The molecule has 0 fully saturated rings. The first-order chi connectivity index (χ1) is 10.2. The van der Waals surface area contributed by atoms with E-state index in [2.05, 4.69) is 10.4 Å². The van der Waals surface area contributed by atoms with E-state index in [0.717, 1.165) is 24.3 Å². The van der Waals surface area contributed by atoms with Crippen molar-refractivity contribution in [2.75, 3.05) is 19.6 Å². The first-order valence-electron chi connectivity index (χ1n) is 7.36. The summed E-state index contributed by atoms with van der Waals surface area (Å²) >= 11 is 0. The van der Waals surface area contributed by atoms with Crippen LogP contribution in [0.2, 0.25) is 0 Å². The zero-order valence-electron chi connectivity index (χ0n) is 12.6. The highest BCUT2D eigenvalue weighted by molar-refractivity contribution is 5.73. The Labute approximate surface area is 125 Å². The molecule has 0 aliphatic carbocycles. The van der Waals surface area contributed by atoms with E-state index in [0.29, 0.717) is 13.1 Å². The van der Waals surface area contributed by atoms with Crippen LogP contribution in [-0.4, -0.2) is 40.3 Å². The van der Waals surface area contributed by atoms with Gasteiger partial charge in [-0.15, -0.1) is 0 Å². The summed E-state index contributed by atoms with van der Waals surface area (Å²) in [4.78, 5) is 13.6. The second-order valence-electron chi connectivity index (χ2n) is 4.73. The predicted octanol–water partition coefficient (Wildman–Crippen LogP) is 2.60. The molecule has 5 heteroatoms. The van der Waals surface area contributed by atoms with Gasteiger partial charge in [0, 0.05) is 31.4 Å². The molecular weight excluding hydrogens is 264 g/mol. The SMILES string of the molecule is CCN(CC)C(=O)NCCn1ccc(-c2ccccc2)n1. The molecule has 0 saturated carbocycles. The summed E-state index contributed by atoms with van der Waals surface area (Å²) in [7, 11) is 0. The van der Waals surface area contributed by atoms with Crippen molar-refractivity contribution in [2.45, 2.75) is 20.4 Å². The number of benzene rings is 1.